The summed E-state index contributed by atoms with van der Waals surface area (Å²) in [7, 11) is 1.09. The molecule has 4 atom stereocenters. The molecule has 0 aliphatic heterocycles. The van der Waals surface area contributed by atoms with Crippen LogP contribution in [0.25, 0.3) is 0 Å². The smallest absolute Gasteiger partial charge is 0.306 e. The van der Waals surface area contributed by atoms with Gasteiger partial charge in [0, 0.05) is 12.8 Å². The van der Waals surface area contributed by atoms with Crippen molar-refractivity contribution in [1.29, 1.82) is 0 Å². The number of phosphoric ester groups is 1. The van der Waals surface area contributed by atoms with Gasteiger partial charge in [0.2, 0.25) is 0 Å². The largest absolute Gasteiger partial charge is 0.756 e. The van der Waals surface area contributed by atoms with Gasteiger partial charge in [0.05, 0.1) is 40.0 Å². The maximum absolute atomic E-state index is 12.7. The molecule has 0 saturated heterocycles. The Balaban J connectivity index is 4.44. The van der Waals surface area contributed by atoms with Crippen LogP contribution in [0.15, 0.2) is 12.2 Å². The third-order valence-corrected chi connectivity index (χ3v) is 11.0. The number of ether oxygens (including phenoxy) is 2. The van der Waals surface area contributed by atoms with Crippen molar-refractivity contribution in [1.82, 2.24) is 0 Å². The number of quaternary nitrogens is 1. The molecule has 0 saturated carbocycles. The molecular formula is C44H86NO10P. The molecule has 12 heteroatoms. The highest BCUT2D eigenvalue weighted by Gasteiger charge is 2.22. The molecule has 0 aliphatic carbocycles. The Labute approximate surface area is 342 Å². The van der Waals surface area contributed by atoms with Crippen LogP contribution in [0.3, 0.4) is 0 Å². The molecule has 56 heavy (non-hydrogen) atoms. The average molecular weight is 820 g/mol. The highest BCUT2D eigenvalue weighted by atomic mass is 31.2. The van der Waals surface area contributed by atoms with Gasteiger partial charge < -0.3 is 38.1 Å². The average Bonchev–Trinajstić information content (AvgIpc) is 3.14. The van der Waals surface area contributed by atoms with Gasteiger partial charge in [0.25, 0.3) is 7.82 Å². The number of allylic oxidation sites excluding steroid dienone is 1. The quantitative estimate of drug-likeness (QED) is 0.0201. The molecule has 0 rings (SSSR count). The van der Waals surface area contributed by atoms with Gasteiger partial charge in [-0.15, -0.1) is 0 Å². The second-order valence-electron chi connectivity index (χ2n) is 16.7. The van der Waals surface area contributed by atoms with Crippen LogP contribution in [-0.4, -0.2) is 92.5 Å². The molecule has 0 spiro atoms. The molecule has 0 bridgehead atoms. The van der Waals surface area contributed by atoms with Crippen LogP contribution in [0.4, 0.5) is 0 Å². The lowest BCUT2D eigenvalue weighted by atomic mass is 10.0. The van der Waals surface area contributed by atoms with Crippen LogP contribution < -0.4 is 4.89 Å². The third kappa shape index (κ3) is 38.2. The summed E-state index contributed by atoms with van der Waals surface area (Å²) in [6, 6.07) is 0. The number of unbranched alkanes of at least 4 members (excludes halogenated alkanes) is 21. The number of phosphoric acid groups is 1. The van der Waals surface area contributed by atoms with E-state index in [1.807, 2.05) is 27.2 Å². The molecular weight excluding hydrogens is 733 g/mol. The second-order valence-corrected chi connectivity index (χ2v) is 18.1. The predicted octanol–water partition coefficient (Wildman–Crippen LogP) is 9.89. The summed E-state index contributed by atoms with van der Waals surface area (Å²) in [5, 5.41) is 20.4. The number of carbonyl (C=O) groups excluding carboxylic acids is 2. The molecule has 2 N–H and O–H groups in total. The van der Waals surface area contributed by atoms with Crippen molar-refractivity contribution in [2.45, 2.75) is 212 Å². The zero-order chi connectivity index (χ0) is 41.8. The van der Waals surface area contributed by atoms with Crippen molar-refractivity contribution in [2.75, 3.05) is 47.5 Å². The highest BCUT2D eigenvalue weighted by molar-refractivity contribution is 7.45. The maximum Gasteiger partial charge on any atom is 0.306 e. The van der Waals surface area contributed by atoms with E-state index in [4.69, 9.17) is 18.5 Å². The molecule has 0 fully saturated rings. The first-order chi connectivity index (χ1) is 26.8. The minimum absolute atomic E-state index is 0.0533. The SMILES string of the molecule is CCCCC/C=C\C[C@@H](O)[C@H](O)CCCCCCCC(=O)OC[C@H](COP(=O)([O-])OCC[N+](C)(C)C)OC(=O)CCCCCCCCCCCCCCCCC. The zero-order valence-electron chi connectivity index (χ0n) is 36.6. The monoisotopic (exact) mass is 820 g/mol. The molecule has 11 nitrogen and oxygen atoms in total. The first kappa shape index (κ1) is 54.7. The number of aliphatic hydroxyl groups excluding tert-OH is 2. The van der Waals surface area contributed by atoms with E-state index >= 15 is 0 Å². The lowest BCUT2D eigenvalue weighted by Gasteiger charge is -2.28. The number of likely N-dealkylation sites (N-methyl/N-ethyl adjacent to an activating group) is 1. The van der Waals surface area contributed by atoms with Crippen molar-refractivity contribution in [3.05, 3.63) is 12.2 Å². The van der Waals surface area contributed by atoms with E-state index in [2.05, 4.69) is 19.9 Å². The number of nitrogens with zero attached hydrogens (tertiary/aromatic N) is 1. The Bertz CT molecular complexity index is 1000. The predicted molar refractivity (Wildman–Crippen MR) is 225 cm³/mol. The number of carbonyl (C=O) groups is 2. The van der Waals surface area contributed by atoms with Gasteiger partial charge in [-0.05, 0) is 38.5 Å². The minimum atomic E-state index is -4.65. The normalized spacial score (nSPS) is 14.8. The highest BCUT2D eigenvalue weighted by Crippen LogP contribution is 2.38. The number of hydrogen-bond acceptors (Lipinski definition) is 10. The van der Waals surface area contributed by atoms with Gasteiger partial charge >= 0.3 is 11.9 Å². The van der Waals surface area contributed by atoms with E-state index in [-0.39, 0.29) is 26.1 Å². The van der Waals surface area contributed by atoms with Crippen molar-refractivity contribution >= 4 is 19.8 Å². The first-order valence-corrected chi connectivity index (χ1v) is 24.0. The standard InChI is InChI=1S/C44H86NO10P/c1-6-8-10-12-14-15-16-17-18-19-20-21-22-26-31-35-44(49)55-40(39-54-56(50,51)53-37-36-45(3,4)5)38-52-43(48)34-30-27-23-25-29-33-42(47)41(46)32-28-24-13-11-9-7-2/h24,28,40-42,46-47H,6-23,25-27,29-39H2,1-5H3/b28-24-/t40-,41-,42-/m1/s1. The van der Waals surface area contributed by atoms with Crippen molar-refractivity contribution in [2.24, 2.45) is 0 Å². The second kappa shape index (κ2) is 36.7. The molecule has 0 heterocycles. The van der Waals surface area contributed by atoms with Crippen LogP contribution in [0.2, 0.25) is 0 Å². The fourth-order valence-corrected chi connectivity index (χ4v) is 6.99. The molecule has 0 amide bonds. The Morgan fingerprint density at radius 2 is 1.11 bits per heavy atom. The van der Waals surface area contributed by atoms with Crippen molar-refractivity contribution in [3.8, 4) is 0 Å². The van der Waals surface area contributed by atoms with Gasteiger partial charge in [-0.3, -0.25) is 14.2 Å². The Kier molecular flexibility index (Phi) is 35.9. The third-order valence-electron chi connectivity index (χ3n) is 9.99. The number of aliphatic hydroxyl groups is 2. The van der Waals surface area contributed by atoms with E-state index in [1.165, 1.54) is 83.5 Å². The first-order valence-electron chi connectivity index (χ1n) is 22.6. The lowest BCUT2D eigenvalue weighted by molar-refractivity contribution is -0.870. The number of hydrogen-bond donors (Lipinski definition) is 2. The maximum atomic E-state index is 12.7. The Morgan fingerprint density at radius 1 is 0.625 bits per heavy atom. The fourth-order valence-electron chi connectivity index (χ4n) is 6.27. The van der Waals surface area contributed by atoms with Gasteiger partial charge in [0.15, 0.2) is 6.10 Å². The van der Waals surface area contributed by atoms with E-state index in [1.54, 1.807) is 0 Å². The van der Waals surface area contributed by atoms with Crippen LogP contribution in [0, 0.1) is 0 Å². The molecule has 0 aliphatic rings. The number of esters is 2. The summed E-state index contributed by atoms with van der Waals surface area (Å²) < 4.78 is 33.8. The zero-order valence-corrected chi connectivity index (χ0v) is 37.5. The van der Waals surface area contributed by atoms with E-state index in [0.29, 0.717) is 36.7 Å². The summed E-state index contributed by atoms with van der Waals surface area (Å²) >= 11 is 0. The molecule has 0 radical (unpaired) electrons. The van der Waals surface area contributed by atoms with Gasteiger partial charge in [-0.25, -0.2) is 0 Å². The van der Waals surface area contributed by atoms with Crippen LogP contribution in [0.5, 0.6) is 0 Å². The van der Waals surface area contributed by atoms with Crippen LogP contribution in [0.1, 0.15) is 194 Å². The summed E-state index contributed by atoms with van der Waals surface area (Å²) in [6.45, 7) is 4.01. The number of rotatable bonds is 41. The summed E-state index contributed by atoms with van der Waals surface area (Å²) in [6.07, 6.45) is 29.7. The van der Waals surface area contributed by atoms with E-state index in [9.17, 15) is 29.3 Å². The van der Waals surface area contributed by atoms with E-state index < -0.39 is 44.7 Å². The lowest BCUT2D eigenvalue weighted by Crippen LogP contribution is -2.37. The van der Waals surface area contributed by atoms with Crippen LogP contribution in [-0.2, 0) is 32.7 Å². The topological polar surface area (TPSA) is 152 Å². The molecule has 0 aromatic carbocycles. The Hall–Kier alpha value is -1.33. The summed E-state index contributed by atoms with van der Waals surface area (Å²) in [5.41, 5.74) is 0. The summed E-state index contributed by atoms with van der Waals surface area (Å²) in [4.78, 5) is 37.5. The molecule has 0 aromatic rings. The molecule has 0 aromatic heterocycles. The molecule has 1 unspecified atom stereocenters. The fraction of sp³-hybridized carbons (Fsp3) is 0.909. The van der Waals surface area contributed by atoms with Crippen molar-refractivity contribution in [3.63, 3.8) is 0 Å². The van der Waals surface area contributed by atoms with E-state index in [0.717, 1.165) is 57.8 Å². The van der Waals surface area contributed by atoms with Gasteiger partial charge in [-0.1, -0.05) is 154 Å². The van der Waals surface area contributed by atoms with Crippen molar-refractivity contribution < 1.29 is 52.3 Å². The Morgan fingerprint density at radius 3 is 1.64 bits per heavy atom. The van der Waals surface area contributed by atoms with Gasteiger partial charge in [0.1, 0.15) is 19.8 Å². The summed E-state index contributed by atoms with van der Waals surface area (Å²) in [5.74, 6) is -0.938. The molecule has 332 valence electrons. The van der Waals surface area contributed by atoms with Crippen LogP contribution >= 0.6 is 7.82 Å². The minimum Gasteiger partial charge on any atom is -0.756 e. The van der Waals surface area contributed by atoms with Gasteiger partial charge in [-0.2, -0.15) is 0 Å².